The van der Waals surface area contributed by atoms with Crippen molar-refractivity contribution in [3.8, 4) is 0 Å². The molecule has 0 aliphatic heterocycles. The first kappa shape index (κ1) is 17.1. The maximum Gasteiger partial charge on any atom is 0.413 e. The van der Waals surface area contributed by atoms with Gasteiger partial charge in [-0.2, -0.15) is 0 Å². The molecule has 2 aromatic rings. The van der Waals surface area contributed by atoms with Crippen molar-refractivity contribution in [3.05, 3.63) is 45.7 Å². The van der Waals surface area contributed by atoms with Gasteiger partial charge < -0.3 is 9.84 Å². The van der Waals surface area contributed by atoms with E-state index in [1.54, 1.807) is 19.1 Å². The number of aryl methyl sites for hydroxylation is 2. The molecule has 1 aliphatic carbocycles. The fourth-order valence-electron chi connectivity index (χ4n) is 2.51. The van der Waals surface area contributed by atoms with Crippen LogP contribution in [-0.2, 0) is 11.2 Å². The van der Waals surface area contributed by atoms with Gasteiger partial charge in [-0.25, -0.2) is 9.78 Å². The lowest BCUT2D eigenvalue weighted by Crippen LogP contribution is -2.13. The second kappa shape index (κ2) is 7.02. The molecule has 0 unspecified atom stereocenters. The van der Waals surface area contributed by atoms with Crippen LogP contribution >= 0.6 is 11.3 Å². The molecule has 1 amide bonds. The highest BCUT2D eigenvalue weighted by atomic mass is 32.1. The van der Waals surface area contributed by atoms with E-state index in [1.807, 2.05) is 6.92 Å². The molecule has 0 radical (unpaired) electrons. The number of carbonyl (C=O) groups is 2. The molecule has 2 heterocycles. The Balaban J connectivity index is 1.87. The van der Waals surface area contributed by atoms with E-state index in [9.17, 15) is 14.7 Å². The number of anilines is 1. The minimum atomic E-state index is -0.598. The Bertz CT molecular complexity index is 855. The van der Waals surface area contributed by atoms with Crippen molar-refractivity contribution < 1.29 is 19.4 Å². The summed E-state index contributed by atoms with van der Waals surface area (Å²) in [7, 11) is 0. The van der Waals surface area contributed by atoms with Crippen LogP contribution in [0.15, 0.2) is 23.9 Å². The average Bonchev–Trinajstić information content (AvgIpc) is 2.99. The largest absolute Gasteiger partial charge is 0.506 e. The molecule has 0 bridgehead atoms. The zero-order valence-corrected chi connectivity index (χ0v) is 14.6. The highest BCUT2D eigenvalue weighted by molar-refractivity contribution is 7.16. The molecule has 0 aromatic carbocycles. The molecule has 0 spiro atoms. The lowest BCUT2D eigenvalue weighted by Gasteiger charge is -2.14. The maximum atomic E-state index is 12.6. The zero-order valence-electron chi connectivity index (χ0n) is 13.8. The summed E-state index contributed by atoms with van der Waals surface area (Å²) in [5.41, 5.74) is 2.25. The number of allylic oxidation sites excluding steroid dienone is 1. The maximum absolute atomic E-state index is 12.6. The van der Waals surface area contributed by atoms with E-state index in [0.717, 1.165) is 17.0 Å². The molecule has 7 nitrogen and oxygen atoms in total. The van der Waals surface area contributed by atoms with Crippen LogP contribution in [0.4, 0.5) is 9.93 Å². The number of rotatable bonds is 4. The molecule has 0 saturated heterocycles. The van der Waals surface area contributed by atoms with E-state index in [-0.39, 0.29) is 18.1 Å². The summed E-state index contributed by atoms with van der Waals surface area (Å²) in [4.78, 5) is 33.0. The third-order valence-corrected chi connectivity index (χ3v) is 4.76. The summed E-state index contributed by atoms with van der Waals surface area (Å²) in [6.45, 7) is 3.80. The van der Waals surface area contributed by atoms with Gasteiger partial charge >= 0.3 is 6.09 Å². The van der Waals surface area contributed by atoms with Crippen LogP contribution in [0.5, 0.6) is 0 Å². The summed E-state index contributed by atoms with van der Waals surface area (Å²) < 4.78 is 4.81. The van der Waals surface area contributed by atoms with Gasteiger partial charge in [0.15, 0.2) is 10.9 Å². The van der Waals surface area contributed by atoms with Crippen molar-refractivity contribution in [3.63, 3.8) is 0 Å². The number of hydrogen-bond acceptors (Lipinski definition) is 7. The van der Waals surface area contributed by atoms with Gasteiger partial charge in [0.2, 0.25) is 0 Å². The summed E-state index contributed by atoms with van der Waals surface area (Å²) in [5.74, 6) is -0.329. The number of amides is 1. The molecule has 1 aliphatic rings. The number of pyridine rings is 1. The molecule has 3 rings (SSSR count). The van der Waals surface area contributed by atoms with E-state index in [4.69, 9.17) is 4.74 Å². The van der Waals surface area contributed by atoms with Gasteiger partial charge in [0.05, 0.1) is 17.2 Å². The quantitative estimate of drug-likeness (QED) is 0.810. The number of fused-ring (bicyclic) bond motifs is 1. The Morgan fingerprint density at radius 1 is 1.36 bits per heavy atom. The number of ether oxygens (including phenoxy) is 1. The van der Waals surface area contributed by atoms with Crippen molar-refractivity contribution in [1.29, 1.82) is 0 Å². The number of aliphatic hydroxyl groups is 1. The van der Waals surface area contributed by atoms with Gasteiger partial charge in [-0.3, -0.25) is 15.1 Å². The molecule has 8 heteroatoms. The van der Waals surface area contributed by atoms with Crippen LogP contribution < -0.4 is 5.32 Å². The van der Waals surface area contributed by atoms with Crippen LogP contribution in [0.25, 0.3) is 5.76 Å². The number of Topliss-reactive ketones (excluding diaryl/α,β-unsaturated/α-hetero) is 1. The van der Waals surface area contributed by atoms with Crippen LogP contribution in [0, 0.1) is 6.92 Å². The number of nitrogens with one attached hydrogen (secondary N) is 1. The average molecular weight is 359 g/mol. The van der Waals surface area contributed by atoms with Crippen LogP contribution in [0.2, 0.25) is 0 Å². The van der Waals surface area contributed by atoms with Crippen molar-refractivity contribution in [2.75, 3.05) is 11.9 Å². The fraction of sp³-hybridized carbons (Fsp3) is 0.294. The molecular weight excluding hydrogens is 342 g/mol. The topological polar surface area (TPSA) is 101 Å². The van der Waals surface area contributed by atoms with Crippen LogP contribution in [-0.4, -0.2) is 33.6 Å². The summed E-state index contributed by atoms with van der Waals surface area (Å²) in [6.07, 6.45) is 1.81. The Labute approximate surface area is 148 Å². The molecular formula is C17H17N3O4S. The van der Waals surface area contributed by atoms with Gasteiger partial charge in [0.1, 0.15) is 5.76 Å². The molecule has 2 aromatic heterocycles. The Morgan fingerprint density at radius 3 is 2.84 bits per heavy atom. The van der Waals surface area contributed by atoms with Crippen molar-refractivity contribution in [2.45, 2.75) is 26.7 Å². The first-order valence-corrected chi connectivity index (χ1v) is 8.64. The standard InChI is InChI=1S/C17H17N3O4S/c1-3-24-17(23)20-16-19-12-7-6-11(14(22)15(12)25-16)13(21)10-5-4-9(2)18-8-10/h4-5,8,22H,3,6-7H2,1-2H3,(H,19,20,23). The van der Waals surface area contributed by atoms with Gasteiger partial charge in [0, 0.05) is 23.0 Å². The van der Waals surface area contributed by atoms with Crippen molar-refractivity contribution in [1.82, 2.24) is 9.97 Å². The summed E-state index contributed by atoms with van der Waals surface area (Å²) >= 11 is 1.12. The number of aliphatic hydroxyl groups excluding tert-OH is 1. The second-order valence-electron chi connectivity index (χ2n) is 5.48. The molecule has 0 fully saturated rings. The van der Waals surface area contributed by atoms with E-state index < -0.39 is 6.09 Å². The first-order valence-electron chi connectivity index (χ1n) is 7.83. The lowest BCUT2D eigenvalue weighted by molar-refractivity contribution is 0.102. The molecule has 0 atom stereocenters. The third kappa shape index (κ3) is 3.53. The van der Waals surface area contributed by atoms with E-state index >= 15 is 0 Å². The van der Waals surface area contributed by atoms with Gasteiger partial charge in [-0.1, -0.05) is 11.3 Å². The minimum Gasteiger partial charge on any atom is -0.506 e. The van der Waals surface area contributed by atoms with E-state index in [2.05, 4.69) is 15.3 Å². The van der Waals surface area contributed by atoms with E-state index in [0.29, 0.717) is 39.7 Å². The van der Waals surface area contributed by atoms with Gasteiger partial charge in [0.25, 0.3) is 0 Å². The SMILES string of the molecule is CCOC(=O)Nc1nc2c(s1)C(O)=C(C(=O)c1ccc(C)nc1)CC2. The molecule has 25 heavy (non-hydrogen) atoms. The van der Waals surface area contributed by atoms with E-state index in [1.165, 1.54) is 6.20 Å². The van der Waals surface area contributed by atoms with Crippen molar-refractivity contribution in [2.24, 2.45) is 0 Å². The zero-order chi connectivity index (χ0) is 18.0. The van der Waals surface area contributed by atoms with Crippen LogP contribution in [0.1, 0.15) is 40.0 Å². The number of hydrogen-bond donors (Lipinski definition) is 2. The highest BCUT2D eigenvalue weighted by Gasteiger charge is 2.28. The Morgan fingerprint density at radius 2 is 2.16 bits per heavy atom. The van der Waals surface area contributed by atoms with Crippen LogP contribution in [0.3, 0.4) is 0 Å². The lowest BCUT2D eigenvalue weighted by atomic mass is 9.93. The number of aromatic nitrogens is 2. The predicted molar refractivity (Wildman–Crippen MR) is 93.9 cm³/mol. The number of carbonyl (C=O) groups excluding carboxylic acids is 2. The summed E-state index contributed by atoms with van der Waals surface area (Å²) in [5, 5.41) is 13.4. The monoisotopic (exact) mass is 359 g/mol. The normalized spacial score (nSPS) is 13.4. The predicted octanol–water partition coefficient (Wildman–Crippen LogP) is 3.51. The summed E-state index contributed by atoms with van der Waals surface area (Å²) in [6, 6.07) is 3.45. The number of ketones is 1. The fourth-order valence-corrected chi connectivity index (χ4v) is 3.48. The number of nitrogens with zero attached hydrogens (tertiary/aromatic N) is 2. The highest BCUT2D eigenvalue weighted by Crippen LogP contribution is 2.37. The minimum absolute atomic E-state index is 0.0822. The third-order valence-electron chi connectivity index (χ3n) is 3.74. The smallest absolute Gasteiger partial charge is 0.413 e. The van der Waals surface area contributed by atoms with Crippen molar-refractivity contribution >= 4 is 34.1 Å². The van der Waals surface area contributed by atoms with Gasteiger partial charge in [-0.15, -0.1) is 0 Å². The number of thiazole rings is 1. The Kier molecular flexibility index (Phi) is 4.80. The first-order chi connectivity index (χ1) is 12.0. The van der Waals surface area contributed by atoms with Gasteiger partial charge in [-0.05, 0) is 38.8 Å². The molecule has 0 saturated carbocycles. The molecule has 2 N–H and O–H groups in total. The second-order valence-corrected chi connectivity index (χ2v) is 6.48. The molecule has 130 valence electrons. The Hall–Kier alpha value is -2.74.